The summed E-state index contributed by atoms with van der Waals surface area (Å²) in [5.41, 5.74) is 3.91. The Bertz CT molecular complexity index is 1020. The van der Waals surface area contributed by atoms with Crippen molar-refractivity contribution in [3.8, 4) is 5.75 Å². The van der Waals surface area contributed by atoms with E-state index in [1.54, 1.807) is 19.2 Å². The number of benzene rings is 3. The highest BCUT2D eigenvalue weighted by Crippen LogP contribution is 2.28. The molecule has 154 valence electrons. The molecule has 30 heavy (non-hydrogen) atoms. The summed E-state index contributed by atoms with van der Waals surface area (Å²) in [5.74, 6) is 0.251. The molecule has 1 unspecified atom stereocenters. The molecule has 6 nitrogen and oxygen atoms in total. The van der Waals surface area contributed by atoms with Crippen LogP contribution in [-0.2, 0) is 9.59 Å². The maximum atomic E-state index is 13.2. The molecule has 2 amide bonds. The number of methoxy groups -OCH3 is 1. The van der Waals surface area contributed by atoms with E-state index in [-0.39, 0.29) is 11.8 Å². The Kier molecular flexibility index (Phi) is 6.70. The lowest BCUT2D eigenvalue weighted by Crippen LogP contribution is -2.27. The minimum absolute atomic E-state index is 0.135. The molecule has 0 saturated heterocycles. The second-order valence-electron chi connectivity index (χ2n) is 6.94. The van der Waals surface area contributed by atoms with E-state index >= 15 is 0 Å². The number of anilines is 3. The predicted octanol–water partition coefficient (Wildman–Crippen LogP) is 4.75. The molecule has 6 heteroatoms. The monoisotopic (exact) mass is 403 g/mol. The number of carbonyl (C=O) groups is 2. The fourth-order valence-corrected chi connectivity index (χ4v) is 3.09. The lowest BCUT2D eigenvalue weighted by Gasteiger charge is -2.21. The molecule has 0 aromatic heterocycles. The fourth-order valence-electron chi connectivity index (χ4n) is 3.09. The van der Waals surface area contributed by atoms with Crippen LogP contribution in [0.5, 0.6) is 5.75 Å². The number of hydrogen-bond acceptors (Lipinski definition) is 4. The van der Waals surface area contributed by atoms with Gasteiger partial charge in [-0.15, -0.1) is 0 Å². The molecule has 0 aliphatic heterocycles. The smallest absolute Gasteiger partial charge is 0.251 e. The van der Waals surface area contributed by atoms with Crippen molar-refractivity contribution in [1.29, 1.82) is 0 Å². The Balaban J connectivity index is 1.85. The Morgan fingerprint density at radius 2 is 1.53 bits per heavy atom. The van der Waals surface area contributed by atoms with Gasteiger partial charge in [0.25, 0.3) is 5.91 Å². The predicted molar refractivity (Wildman–Crippen MR) is 120 cm³/mol. The van der Waals surface area contributed by atoms with E-state index in [1.807, 2.05) is 67.6 Å². The summed E-state index contributed by atoms with van der Waals surface area (Å²) in [6, 6.07) is 21.7. The highest BCUT2D eigenvalue weighted by molar-refractivity contribution is 5.98. The van der Waals surface area contributed by atoms with E-state index in [1.165, 1.54) is 6.92 Å². The van der Waals surface area contributed by atoms with Crippen LogP contribution in [0.1, 0.15) is 24.1 Å². The molecule has 0 heterocycles. The number of rotatable bonds is 7. The second kappa shape index (κ2) is 9.60. The first kappa shape index (κ1) is 20.9. The largest absolute Gasteiger partial charge is 0.495 e. The van der Waals surface area contributed by atoms with Crippen molar-refractivity contribution in [1.82, 2.24) is 0 Å². The number of nitrogens with one attached hydrogen (secondary N) is 3. The number of carbonyl (C=O) groups excluding carboxylic acids is 2. The molecular formula is C24H25N3O3. The molecule has 0 aliphatic carbocycles. The zero-order valence-electron chi connectivity index (χ0n) is 17.2. The Labute approximate surface area is 176 Å². The van der Waals surface area contributed by atoms with Crippen LogP contribution >= 0.6 is 0 Å². The first-order valence-corrected chi connectivity index (χ1v) is 9.61. The highest BCUT2D eigenvalue weighted by atomic mass is 16.5. The third-order valence-electron chi connectivity index (χ3n) is 4.52. The Hall–Kier alpha value is -3.80. The van der Waals surface area contributed by atoms with Crippen molar-refractivity contribution in [2.45, 2.75) is 19.9 Å². The van der Waals surface area contributed by atoms with Crippen molar-refractivity contribution >= 4 is 28.9 Å². The third-order valence-corrected chi connectivity index (χ3v) is 4.52. The van der Waals surface area contributed by atoms with Gasteiger partial charge in [-0.1, -0.05) is 36.4 Å². The van der Waals surface area contributed by atoms with E-state index in [0.29, 0.717) is 17.1 Å². The van der Waals surface area contributed by atoms with E-state index in [2.05, 4.69) is 16.0 Å². The standard InChI is InChI=1S/C24H25N3O3/c1-16-9-14-22(30-3)21(15-16)27-24(29)23(18-7-5-4-6-8-18)26-20-12-10-19(11-13-20)25-17(2)28/h4-15,23,26H,1-3H3,(H,25,28)(H,27,29). The van der Waals surface area contributed by atoms with Gasteiger partial charge in [-0.25, -0.2) is 0 Å². The molecule has 0 bridgehead atoms. The Morgan fingerprint density at radius 3 is 2.17 bits per heavy atom. The van der Waals surface area contributed by atoms with Crippen LogP contribution in [-0.4, -0.2) is 18.9 Å². The van der Waals surface area contributed by atoms with Crippen molar-refractivity contribution in [2.24, 2.45) is 0 Å². The number of aryl methyl sites for hydroxylation is 1. The summed E-state index contributed by atoms with van der Waals surface area (Å²) in [6.07, 6.45) is 0. The van der Waals surface area contributed by atoms with Crippen LogP contribution in [0.4, 0.5) is 17.1 Å². The average Bonchev–Trinajstić information content (AvgIpc) is 2.73. The lowest BCUT2D eigenvalue weighted by atomic mass is 10.1. The van der Waals surface area contributed by atoms with Gasteiger partial charge in [0.05, 0.1) is 12.8 Å². The molecule has 0 radical (unpaired) electrons. The molecule has 0 fully saturated rings. The minimum Gasteiger partial charge on any atom is -0.495 e. The van der Waals surface area contributed by atoms with Crippen molar-refractivity contribution in [2.75, 3.05) is 23.1 Å². The number of hydrogen-bond donors (Lipinski definition) is 3. The average molecular weight is 403 g/mol. The molecule has 3 aromatic rings. The minimum atomic E-state index is -0.622. The summed E-state index contributed by atoms with van der Waals surface area (Å²) in [5, 5.41) is 8.99. The number of amides is 2. The number of ether oxygens (including phenoxy) is 1. The second-order valence-corrected chi connectivity index (χ2v) is 6.94. The van der Waals surface area contributed by atoms with E-state index in [0.717, 1.165) is 16.8 Å². The third kappa shape index (κ3) is 5.38. The van der Waals surface area contributed by atoms with Gasteiger partial charge in [0.2, 0.25) is 5.91 Å². The van der Waals surface area contributed by atoms with Gasteiger partial charge in [0, 0.05) is 18.3 Å². The summed E-state index contributed by atoms with van der Waals surface area (Å²) in [6.45, 7) is 3.42. The van der Waals surface area contributed by atoms with E-state index in [4.69, 9.17) is 4.74 Å². The van der Waals surface area contributed by atoms with Crippen molar-refractivity contribution < 1.29 is 14.3 Å². The lowest BCUT2D eigenvalue weighted by molar-refractivity contribution is -0.117. The molecule has 0 spiro atoms. The maximum Gasteiger partial charge on any atom is 0.251 e. The van der Waals surface area contributed by atoms with Gasteiger partial charge >= 0.3 is 0 Å². The first-order valence-electron chi connectivity index (χ1n) is 9.61. The summed E-state index contributed by atoms with van der Waals surface area (Å²) in [7, 11) is 1.57. The van der Waals surface area contributed by atoms with Gasteiger partial charge in [0.15, 0.2) is 0 Å². The van der Waals surface area contributed by atoms with E-state index in [9.17, 15) is 9.59 Å². The van der Waals surface area contributed by atoms with Gasteiger partial charge in [-0.05, 0) is 54.4 Å². The molecular weight excluding hydrogens is 378 g/mol. The van der Waals surface area contributed by atoms with E-state index < -0.39 is 6.04 Å². The fraction of sp³-hybridized carbons (Fsp3) is 0.167. The van der Waals surface area contributed by atoms with Crippen molar-refractivity contribution in [3.05, 3.63) is 83.9 Å². The van der Waals surface area contributed by atoms with Gasteiger partial charge < -0.3 is 20.7 Å². The van der Waals surface area contributed by atoms with Crippen LogP contribution < -0.4 is 20.7 Å². The maximum absolute atomic E-state index is 13.2. The zero-order chi connectivity index (χ0) is 21.5. The Morgan fingerprint density at radius 1 is 0.867 bits per heavy atom. The normalized spacial score (nSPS) is 11.3. The SMILES string of the molecule is COc1ccc(C)cc1NC(=O)C(Nc1ccc(NC(C)=O)cc1)c1ccccc1. The van der Waals surface area contributed by atoms with Crippen LogP contribution in [0.25, 0.3) is 0 Å². The quantitative estimate of drug-likeness (QED) is 0.532. The molecule has 0 saturated carbocycles. The molecule has 3 rings (SSSR count). The van der Waals surface area contributed by atoms with Crippen LogP contribution in [0.3, 0.4) is 0 Å². The van der Waals surface area contributed by atoms with Crippen LogP contribution in [0, 0.1) is 6.92 Å². The molecule has 3 aromatic carbocycles. The van der Waals surface area contributed by atoms with Crippen LogP contribution in [0.2, 0.25) is 0 Å². The topological polar surface area (TPSA) is 79.5 Å². The molecule has 0 aliphatic rings. The highest BCUT2D eigenvalue weighted by Gasteiger charge is 2.22. The zero-order valence-corrected chi connectivity index (χ0v) is 17.2. The summed E-state index contributed by atoms with van der Waals surface area (Å²) >= 11 is 0. The molecule has 1 atom stereocenters. The van der Waals surface area contributed by atoms with Gasteiger partial charge in [0.1, 0.15) is 11.8 Å². The first-order chi connectivity index (χ1) is 14.5. The van der Waals surface area contributed by atoms with Gasteiger partial charge in [-0.2, -0.15) is 0 Å². The van der Waals surface area contributed by atoms with Crippen LogP contribution in [0.15, 0.2) is 72.8 Å². The summed E-state index contributed by atoms with van der Waals surface area (Å²) < 4.78 is 5.38. The molecule has 3 N–H and O–H groups in total. The van der Waals surface area contributed by atoms with Crippen molar-refractivity contribution in [3.63, 3.8) is 0 Å². The van der Waals surface area contributed by atoms with Gasteiger partial charge in [-0.3, -0.25) is 9.59 Å². The summed E-state index contributed by atoms with van der Waals surface area (Å²) in [4.78, 5) is 24.4.